The van der Waals surface area contributed by atoms with Crippen LogP contribution in [-0.4, -0.2) is 11.3 Å². The number of alkyl halides is 3. The molecule has 1 aromatic carbocycles. The Balaban J connectivity index is 2.55. The average molecular weight is 265 g/mol. The third kappa shape index (κ3) is 2.99. The van der Waals surface area contributed by atoms with E-state index in [4.69, 9.17) is 0 Å². The Bertz CT molecular complexity index is 620. The van der Waals surface area contributed by atoms with Gasteiger partial charge in [0.05, 0.1) is 11.3 Å². The van der Waals surface area contributed by atoms with Crippen molar-refractivity contribution < 1.29 is 18.0 Å². The first-order valence-corrected chi connectivity index (χ1v) is 5.51. The molecule has 0 aliphatic rings. The van der Waals surface area contributed by atoms with Gasteiger partial charge in [-0.15, -0.1) is 0 Å². The van der Waals surface area contributed by atoms with Crippen LogP contribution in [-0.2, 0) is 6.18 Å². The highest BCUT2D eigenvalue weighted by atomic mass is 19.4. The van der Waals surface area contributed by atoms with Crippen molar-refractivity contribution in [3.05, 3.63) is 53.2 Å². The normalized spacial score (nSPS) is 11.4. The van der Waals surface area contributed by atoms with Crippen LogP contribution in [0.2, 0.25) is 0 Å². The summed E-state index contributed by atoms with van der Waals surface area (Å²) in [5.74, 6) is 0. The van der Waals surface area contributed by atoms with E-state index in [-0.39, 0.29) is 11.4 Å². The number of rotatable bonds is 2. The van der Waals surface area contributed by atoms with Crippen LogP contribution in [0.1, 0.15) is 21.6 Å². The molecule has 0 N–H and O–H groups in total. The van der Waals surface area contributed by atoms with Crippen LogP contribution in [0.15, 0.2) is 36.4 Å². The summed E-state index contributed by atoms with van der Waals surface area (Å²) in [5.41, 5.74) is 0.622. The van der Waals surface area contributed by atoms with Crippen LogP contribution < -0.4 is 0 Å². The van der Waals surface area contributed by atoms with E-state index >= 15 is 0 Å². The number of benzene rings is 1. The van der Waals surface area contributed by atoms with Crippen molar-refractivity contribution in [1.82, 2.24) is 4.98 Å². The molecular formula is C14H10F3NO. The Morgan fingerprint density at radius 1 is 1.16 bits per heavy atom. The van der Waals surface area contributed by atoms with E-state index < -0.39 is 11.7 Å². The number of pyridine rings is 1. The van der Waals surface area contributed by atoms with Crippen molar-refractivity contribution in [2.24, 2.45) is 0 Å². The molecule has 0 amide bonds. The molecule has 0 saturated carbocycles. The number of hydrogen-bond acceptors (Lipinski definition) is 2. The lowest BCUT2D eigenvalue weighted by Crippen LogP contribution is -2.06. The van der Waals surface area contributed by atoms with Gasteiger partial charge in [0.15, 0.2) is 0 Å². The molecule has 5 heteroatoms. The van der Waals surface area contributed by atoms with Gasteiger partial charge in [-0.3, -0.25) is 9.78 Å². The SMILES string of the molecule is Cc1cc(C(F)(F)F)cc(-c2cccc(C=O)c2)n1. The fraction of sp³-hybridized carbons (Fsp3) is 0.143. The molecule has 0 saturated heterocycles. The summed E-state index contributed by atoms with van der Waals surface area (Å²) in [6.07, 6.45) is -3.77. The van der Waals surface area contributed by atoms with Gasteiger partial charge >= 0.3 is 6.18 Å². The van der Waals surface area contributed by atoms with E-state index in [1.54, 1.807) is 18.2 Å². The van der Waals surface area contributed by atoms with E-state index in [0.717, 1.165) is 12.1 Å². The van der Waals surface area contributed by atoms with Crippen LogP contribution in [0, 0.1) is 6.92 Å². The molecule has 98 valence electrons. The second-order valence-corrected chi connectivity index (χ2v) is 4.12. The van der Waals surface area contributed by atoms with Crippen molar-refractivity contribution in [1.29, 1.82) is 0 Å². The molecule has 1 aromatic heterocycles. The van der Waals surface area contributed by atoms with Crippen LogP contribution in [0.3, 0.4) is 0 Å². The highest BCUT2D eigenvalue weighted by molar-refractivity contribution is 5.78. The third-order valence-electron chi connectivity index (χ3n) is 2.60. The minimum absolute atomic E-state index is 0.205. The van der Waals surface area contributed by atoms with Gasteiger partial charge in [0, 0.05) is 16.8 Å². The van der Waals surface area contributed by atoms with Crippen molar-refractivity contribution >= 4 is 6.29 Å². The zero-order valence-electron chi connectivity index (χ0n) is 10.0. The Labute approximate surface area is 107 Å². The van der Waals surface area contributed by atoms with Gasteiger partial charge < -0.3 is 0 Å². The molecule has 2 aromatic rings. The molecule has 0 spiro atoms. The average Bonchev–Trinajstić information content (AvgIpc) is 2.37. The van der Waals surface area contributed by atoms with Gasteiger partial charge in [0.2, 0.25) is 0 Å². The standard InChI is InChI=1S/C14H10F3NO/c1-9-5-12(14(15,16)17)7-13(18-9)11-4-2-3-10(6-11)8-19/h2-8H,1H3. The number of aldehydes is 1. The van der Waals surface area contributed by atoms with Gasteiger partial charge in [-0.2, -0.15) is 13.2 Å². The first kappa shape index (κ1) is 13.3. The van der Waals surface area contributed by atoms with Crippen molar-refractivity contribution in [3.63, 3.8) is 0 Å². The summed E-state index contributed by atoms with van der Waals surface area (Å²) in [4.78, 5) is 14.8. The van der Waals surface area contributed by atoms with Crippen molar-refractivity contribution in [3.8, 4) is 11.3 Å². The number of halogens is 3. The number of nitrogens with zero attached hydrogens (tertiary/aromatic N) is 1. The van der Waals surface area contributed by atoms with E-state index in [9.17, 15) is 18.0 Å². The number of aromatic nitrogens is 1. The van der Waals surface area contributed by atoms with Crippen LogP contribution >= 0.6 is 0 Å². The van der Waals surface area contributed by atoms with Crippen molar-refractivity contribution in [2.45, 2.75) is 13.1 Å². The molecule has 0 fully saturated rings. The molecule has 2 rings (SSSR count). The summed E-state index contributed by atoms with van der Waals surface area (Å²) in [6.45, 7) is 1.50. The molecular weight excluding hydrogens is 255 g/mol. The highest BCUT2D eigenvalue weighted by Crippen LogP contribution is 2.32. The van der Waals surface area contributed by atoms with Crippen LogP contribution in [0.5, 0.6) is 0 Å². The fourth-order valence-electron chi connectivity index (χ4n) is 1.75. The molecule has 1 heterocycles. The molecule has 2 nitrogen and oxygen atoms in total. The lowest BCUT2D eigenvalue weighted by Gasteiger charge is -2.10. The lowest BCUT2D eigenvalue weighted by molar-refractivity contribution is -0.137. The van der Waals surface area contributed by atoms with Gasteiger partial charge in [-0.05, 0) is 25.1 Å². The van der Waals surface area contributed by atoms with Crippen molar-refractivity contribution in [2.75, 3.05) is 0 Å². The quantitative estimate of drug-likeness (QED) is 0.771. The molecule has 0 aliphatic carbocycles. The molecule has 0 bridgehead atoms. The van der Waals surface area contributed by atoms with Gasteiger partial charge in [0.1, 0.15) is 6.29 Å². The first-order valence-electron chi connectivity index (χ1n) is 5.51. The van der Waals surface area contributed by atoms with Gasteiger partial charge in [-0.25, -0.2) is 0 Å². The Kier molecular flexibility index (Phi) is 3.38. The van der Waals surface area contributed by atoms with E-state index in [2.05, 4.69) is 4.98 Å². The number of carbonyl (C=O) groups is 1. The summed E-state index contributed by atoms with van der Waals surface area (Å²) < 4.78 is 38.2. The Morgan fingerprint density at radius 2 is 1.89 bits per heavy atom. The monoisotopic (exact) mass is 265 g/mol. The summed E-state index contributed by atoms with van der Waals surface area (Å²) in [7, 11) is 0. The molecule has 0 atom stereocenters. The molecule has 0 radical (unpaired) electrons. The molecule has 0 unspecified atom stereocenters. The van der Waals surface area contributed by atoms with E-state index in [1.807, 2.05) is 0 Å². The number of hydrogen-bond donors (Lipinski definition) is 0. The second kappa shape index (κ2) is 4.84. The molecule has 0 aliphatic heterocycles. The van der Waals surface area contributed by atoms with Crippen LogP contribution in [0.4, 0.5) is 13.2 Å². The first-order chi connectivity index (χ1) is 8.90. The maximum atomic E-state index is 12.7. The zero-order chi connectivity index (χ0) is 14.0. The Hall–Kier alpha value is -2.17. The summed E-state index contributed by atoms with van der Waals surface area (Å²) in [6, 6.07) is 8.29. The van der Waals surface area contributed by atoms with E-state index in [1.165, 1.54) is 13.0 Å². The number of aryl methyl sites for hydroxylation is 1. The topological polar surface area (TPSA) is 30.0 Å². The lowest BCUT2D eigenvalue weighted by atomic mass is 10.1. The zero-order valence-corrected chi connectivity index (χ0v) is 10.0. The predicted molar refractivity (Wildman–Crippen MR) is 64.8 cm³/mol. The maximum Gasteiger partial charge on any atom is 0.416 e. The molecule has 19 heavy (non-hydrogen) atoms. The third-order valence-corrected chi connectivity index (χ3v) is 2.60. The van der Waals surface area contributed by atoms with E-state index in [0.29, 0.717) is 17.4 Å². The smallest absolute Gasteiger partial charge is 0.298 e. The maximum absolute atomic E-state index is 12.7. The number of carbonyl (C=O) groups excluding carboxylic acids is 1. The predicted octanol–water partition coefficient (Wildman–Crippen LogP) is 3.89. The summed E-state index contributed by atoms with van der Waals surface area (Å²) in [5, 5.41) is 0. The van der Waals surface area contributed by atoms with Gasteiger partial charge in [-0.1, -0.05) is 18.2 Å². The largest absolute Gasteiger partial charge is 0.416 e. The Morgan fingerprint density at radius 3 is 2.53 bits per heavy atom. The van der Waals surface area contributed by atoms with Crippen LogP contribution in [0.25, 0.3) is 11.3 Å². The summed E-state index contributed by atoms with van der Waals surface area (Å²) >= 11 is 0. The van der Waals surface area contributed by atoms with Gasteiger partial charge in [0.25, 0.3) is 0 Å². The highest BCUT2D eigenvalue weighted by Gasteiger charge is 2.31. The minimum atomic E-state index is -4.41. The fourth-order valence-corrected chi connectivity index (χ4v) is 1.75. The second-order valence-electron chi connectivity index (χ2n) is 4.12. The minimum Gasteiger partial charge on any atom is -0.298 e.